The van der Waals surface area contributed by atoms with E-state index in [1.165, 1.54) is 39.0 Å². The molecule has 1 amide bonds. The molecule has 1 N–H and O–H groups in total. The summed E-state index contributed by atoms with van der Waals surface area (Å²) < 4.78 is 0. The highest BCUT2D eigenvalue weighted by atomic mass is 35.5. The zero-order valence-electron chi connectivity index (χ0n) is 15.1. The number of nitrogens with zero attached hydrogens (tertiary/aromatic N) is 3. The molecule has 4 rings (SSSR count). The lowest BCUT2D eigenvalue weighted by Gasteiger charge is -2.59. The van der Waals surface area contributed by atoms with Gasteiger partial charge in [-0.05, 0) is 31.0 Å². The van der Waals surface area contributed by atoms with Crippen molar-refractivity contribution < 1.29 is 4.79 Å². The fourth-order valence-corrected chi connectivity index (χ4v) is 4.64. The van der Waals surface area contributed by atoms with Crippen LogP contribution in [0.2, 0.25) is 5.02 Å². The molecule has 0 radical (unpaired) electrons. The van der Waals surface area contributed by atoms with Crippen LogP contribution < -0.4 is 10.2 Å². The Labute approximate surface area is 154 Å². The Hall–Kier alpha value is -1.30. The van der Waals surface area contributed by atoms with Crippen LogP contribution in [0.4, 0.5) is 5.69 Å². The average Bonchev–Trinajstić information content (AvgIpc) is 2.52. The number of carbonyl (C=O) groups is 1. The molecule has 136 valence electrons. The van der Waals surface area contributed by atoms with E-state index < -0.39 is 0 Å². The lowest BCUT2D eigenvalue weighted by Crippen LogP contribution is -2.73. The maximum absolute atomic E-state index is 12.1. The number of anilines is 1. The van der Waals surface area contributed by atoms with Crippen LogP contribution in [-0.2, 0) is 0 Å². The summed E-state index contributed by atoms with van der Waals surface area (Å²) in [6.45, 7) is 7.08. The van der Waals surface area contributed by atoms with Gasteiger partial charge in [-0.15, -0.1) is 0 Å². The van der Waals surface area contributed by atoms with Gasteiger partial charge in [0.25, 0.3) is 5.91 Å². The molecular weight excluding hydrogens is 336 g/mol. The number of halogens is 1. The van der Waals surface area contributed by atoms with Crippen LogP contribution >= 0.6 is 11.6 Å². The second-order valence-corrected chi connectivity index (χ2v) is 8.50. The Bertz CT molecular complexity index is 657. The molecule has 3 heterocycles. The normalized spacial score (nSPS) is 23.2. The minimum absolute atomic E-state index is 0.0487. The number of amides is 1. The summed E-state index contributed by atoms with van der Waals surface area (Å²) in [7, 11) is 3.49. The first-order valence-electron chi connectivity index (χ1n) is 9.18. The smallest absolute Gasteiger partial charge is 0.254 e. The second kappa shape index (κ2) is 6.45. The molecule has 0 bridgehead atoms. The molecule has 6 heteroatoms. The minimum Gasteiger partial charge on any atom is -0.371 e. The zero-order chi connectivity index (χ0) is 17.6. The van der Waals surface area contributed by atoms with E-state index in [1.807, 2.05) is 18.2 Å². The van der Waals surface area contributed by atoms with Crippen LogP contribution in [0.25, 0.3) is 0 Å². The number of nitrogens with one attached hydrogen (secondary N) is 1. The third kappa shape index (κ3) is 3.14. The minimum atomic E-state index is -0.0487. The number of benzene rings is 1. The standard InChI is InChI=1S/C19H27ClN4O/c1-22(2)18(25)16-4-3-15(9-17(16)20)23-7-5-14(6-8-23)24-12-19(13-24)10-21-11-19/h3-4,9,14,21H,5-8,10-13H2,1-2H3. The van der Waals surface area contributed by atoms with Crippen molar-refractivity contribution in [2.24, 2.45) is 5.41 Å². The van der Waals surface area contributed by atoms with Crippen molar-refractivity contribution in [2.75, 3.05) is 58.3 Å². The Morgan fingerprint density at radius 2 is 1.92 bits per heavy atom. The Kier molecular flexibility index (Phi) is 4.42. The van der Waals surface area contributed by atoms with Gasteiger partial charge in [-0.25, -0.2) is 0 Å². The van der Waals surface area contributed by atoms with Crippen LogP contribution in [0.3, 0.4) is 0 Å². The van der Waals surface area contributed by atoms with Gasteiger partial charge in [0.2, 0.25) is 0 Å². The van der Waals surface area contributed by atoms with E-state index in [4.69, 9.17) is 11.6 Å². The van der Waals surface area contributed by atoms with Gasteiger partial charge in [0.1, 0.15) is 0 Å². The van der Waals surface area contributed by atoms with E-state index in [1.54, 1.807) is 19.0 Å². The summed E-state index contributed by atoms with van der Waals surface area (Å²) in [4.78, 5) is 18.7. The van der Waals surface area contributed by atoms with Gasteiger partial charge in [-0.2, -0.15) is 0 Å². The van der Waals surface area contributed by atoms with Gasteiger partial charge < -0.3 is 15.1 Å². The molecule has 1 aromatic rings. The SMILES string of the molecule is CN(C)C(=O)c1ccc(N2CCC(N3CC4(CNC4)C3)CC2)cc1Cl. The van der Waals surface area contributed by atoms with Crippen molar-refractivity contribution in [3.05, 3.63) is 28.8 Å². The number of carbonyl (C=O) groups excluding carboxylic acids is 1. The topological polar surface area (TPSA) is 38.8 Å². The molecule has 0 unspecified atom stereocenters. The van der Waals surface area contributed by atoms with Crippen molar-refractivity contribution >= 4 is 23.2 Å². The quantitative estimate of drug-likeness (QED) is 0.891. The van der Waals surface area contributed by atoms with Gasteiger partial charge in [0, 0.05) is 70.5 Å². The van der Waals surface area contributed by atoms with Gasteiger partial charge >= 0.3 is 0 Å². The molecule has 25 heavy (non-hydrogen) atoms. The first kappa shape index (κ1) is 17.1. The van der Waals surface area contributed by atoms with Gasteiger partial charge in [-0.3, -0.25) is 9.69 Å². The maximum atomic E-state index is 12.1. The molecule has 3 fully saturated rings. The van der Waals surface area contributed by atoms with Crippen LogP contribution in [0.1, 0.15) is 23.2 Å². The largest absolute Gasteiger partial charge is 0.371 e. The highest BCUT2D eigenvalue weighted by molar-refractivity contribution is 6.34. The predicted octanol–water partition coefficient (Wildman–Crippen LogP) is 1.92. The van der Waals surface area contributed by atoms with Crippen molar-refractivity contribution in [3.63, 3.8) is 0 Å². The summed E-state index contributed by atoms with van der Waals surface area (Å²) in [6.07, 6.45) is 2.42. The summed E-state index contributed by atoms with van der Waals surface area (Å²) >= 11 is 6.36. The molecule has 3 aliphatic heterocycles. The molecule has 0 atom stereocenters. The van der Waals surface area contributed by atoms with Crippen molar-refractivity contribution in [1.29, 1.82) is 0 Å². The van der Waals surface area contributed by atoms with Crippen molar-refractivity contribution in [1.82, 2.24) is 15.1 Å². The van der Waals surface area contributed by atoms with E-state index in [2.05, 4.69) is 15.1 Å². The lowest BCUT2D eigenvalue weighted by atomic mass is 9.73. The van der Waals surface area contributed by atoms with Crippen LogP contribution in [0, 0.1) is 5.41 Å². The molecule has 3 saturated heterocycles. The van der Waals surface area contributed by atoms with Gasteiger partial charge in [-0.1, -0.05) is 11.6 Å². The fourth-order valence-electron chi connectivity index (χ4n) is 4.38. The first-order chi connectivity index (χ1) is 12.0. The third-order valence-corrected chi connectivity index (χ3v) is 6.32. The van der Waals surface area contributed by atoms with E-state index >= 15 is 0 Å². The highest BCUT2D eigenvalue weighted by Gasteiger charge is 2.49. The summed E-state index contributed by atoms with van der Waals surface area (Å²) in [5, 5.41) is 3.95. The van der Waals surface area contributed by atoms with Crippen LogP contribution in [0.5, 0.6) is 0 Å². The number of hydrogen-bond donors (Lipinski definition) is 1. The first-order valence-corrected chi connectivity index (χ1v) is 9.56. The predicted molar refractivity (Wildman–Crippen MR) is 102 cm³/mol. The molecule has 1 aromatic carbocycles. The molecular formula is C19H27ClN4O. The Morgan fingerprint density at radius 1 is 1.24 bits per heavy atom. The summed E-state index contributed by atoms with van der Waals surface area (Å²) in [6, 6.07) is 6.56. The van der Waals surface area contributed by atoms with Gasteiger partial charge in [0.15, 0.2) is 0 Å². The van der Waals surface area contributed by atoms with E-state index in [9.17, 15) is 4.79 Å². The van der Waals surface area contributed by atoms with Crippen LogP contribution in [-0.4, -0.2) is 75.1 Å². The van der Waals surface area contributed by atoms with Crippen molar-refractivity contribution in [2.45, 2.75) is 18.9 Å². The van der Waals surface area contributed by atoms with E-state index in [0.717, 1.165) is 24.8 Å². The number of likely N-dealkylation sites (tertiary alicyclic amines) is 1. The molecule has 0 aromatic heterocycles. The van der Waals surface area contributed by atoms with Gasteiger partial charge in [0.05, 0.1) is 10.6 Å². The van der Waals surface area contributed by atoms with Crippen molar-refractivity contribution in [3.8, 4) is 0 Å². The molecule has 1 spiro atoms. The van der Waals surface area contributed by atoms with E-state index in [-0.39, 0.29) is 5.91 Å². The lowest BCUT2D eigenvalue weighted by molar-refractivity contribution is -0.0694. The van der Waals surface area contributed by atoms with Crippen LogP contribution in [0.15, 0.2) is 18.2 Å². The highest BCUT2D eigenvalue weighted by Crippen LogP contribution is 2.38. The monoisotopic (exact) mass is 362 g/mol. The molecule has 0 saturated carbocycles. The average molecular weight is 363 g/mol. The summed E-state index contributed by atoms with van der Waals surface area (Å²) in [5.74, 6) is -0.0487. The Balaban J connectivity index is 1.34. The number of rotatable bonds is 3. The Morgan fingerprint density at radius 3 is 2.44 bits per heavy atom. The zero-order valence-corrected chi connectivity index (χ0v) is 15.9. The molecule has 3 aliphatic rings. The molecule has 5 nitrogen and oxygen atoms in total. The molecule has 0 aliphatic carbocycles. The third-order valence-electron chi connectivity index (χ3n) is 6.01. The maximum Gasteiger partial charge on any atom is 0.254 e. The second-order valence-electron chi connectivity index (χ2n) is 8.09. The summed E-state index contributed by atoms with van der Waals surface area (Å²) in [5.41, 5.74) is 2.31. The van der Waals surface area contributed by atoms with E-state index in [0.29, 0.717) is 16.0 Å². The number of piperidine rings is 1. The fraction of sp³-hybridized carbons (Fsp3) is 0.632. The number of hydrogen-bond acceptors (Lipinski definition) is 4.